The zero-order chi connectivity index (χ0) is 13.4. The zero-order valence-electron chi connectivity index (χ0n) is 11.0. The van der Waals surface area contributed by atoms with Gasteiger partial charge in [0.25, 0.3) is 0 Å². The molecule has 0 radical (unpaired) electrons. The van der Waals surface area contributed by atoms with E-state index in [0.717, 1.165) is 6.42 Å². The van der Waals surface area contributed by atoms with Crippen LogP contribution in [-0.2, 0) is 16.3 Å². The van der Waals surface area contributed by atoms with Gasteiger partial charge >= 0.3 is 0 Å². The van der Waals surface area contributed by atoms with Crippen molar-refractivity contribution >= 4 is 9.84 Å². The van der Waals surface area contributed by atoms with Crippen molar-refractivity contribution in [3.05, 3.63) is 35.9 Å². The third-order valence-electron chi connectivity index (χ3n) is 3.05. The normalized spacial score (nSPS) is 13.4. The molecule has 1 atom stereocenters. The number of benzene rings is 1. The summed E-state index contributed by atoms with van der Waals surface area (Å²) >= 11 is 0. The van der Waals surface area contributed by atoms with Crippen LogP contribution < -0.4 is 5.73 Å². The number of sulfone groups is 1. The Hall–Kier alpha value is -0.870. The van der Waals surface area contributed by atoms with Crippen molar-refractivity contribution in [1.82, 2.24) is 0 Å². The van der Waals surface area contributed by atoms with E-state index in [1.54, 1.807) is 0 Å². The second-order valence-corrected chi connectivity index (χ2v) is 7.04. The smallest absolute Gasteiger partial charge is 0.150 e. The first-order chi connectivity index (χ1) is 8.57. The molecule has 0 aromatic heterocycles. The standard InChI is InChI=1S/C14H23NO2S/c1-2-9-18(16,17)10-8-14(12-15)11-13-6-4-3-5-7-13/h3-7,14H,2,8-12,15H2,1H3. The average molecular weight is 269 g/mol. The molecule has 0 spiro atoms. The summed E-state index contributed by atoms with van der Waals surface area (Å²) in [5.74, 6) is 0.796. The third kappa shape index (κ3) is 5.65. The van der Waals surface area contributed by atoms with E-state index in [-0.39, 0.29) is 17.4 Å². The number of nitrogens with two attached hydrogens (primary N) is 1. The fourth-order valence-electron chi connectivity index (χ4n) is 2.01. The van der Waals surface area contributed by atoms with E-state index in [0.29, 0.717) is 19.4 Å². The highest BCUT2D eigenvalue weighted by Crippen LogP contribution is 2.13. The van der Waals surface area contributed by atoms with E-state index in [2.05, 4.69) is 12.1 Å². The predicted molar refractivity (Wildman–Crippen MR) is 76.3 cm³/mol. The van der Waals surface area contributed by atoms with Crippen LogP contribution in [0.5, 0.6) is 0 Å². The average Bonchev–Trinajstić information content (AvgIpc) is 2.35. The summed E-state index contributed by atoms with van der Waals surface area (Å²) in [5.41, 5.74) is 6.95. The first-order valence-electron chi connectivity index (χ1n) is 6.52. The van der Waals surface area contributed by atoms with E-state index in [1.807, 2.05) is 25.1 Å². The molecule has 3 nitrogen and oxygen atoms in total. The lowest BCUT2D eigenvalue weighted by Crippen LogP contribution is -2.21. The Bertz CT molecular complexity index is 428. The summed E-state index contributed by atoms with van der Waals surface area (Å²) in [6.07, 6.45) is 2.21. The van der Waals surface area contributed by atoms with Gasteiger partial charge in [0.15, 0.2) is 0 Å². The van der Waals surface area contributed by atoms with Crippen molar-refractivity contribution < 1.29 is 8.42 Å². The first kappa shape index (κ1) is 15.2. The van der Waals surface area contributed by atoms with Crippen LogP contribution in [0, 0.1) is 5.92 Å². The Labute approximate surface area is 110 Å². The van der Waals surface area contributed by atoms with E-state index in [9.17, 15) is 8.42 Å². The highest BCUT2D eigenvalue weighted by molar-refractivity contribution is 7.91. The van der Waals surface area contributed by atoms with Gasteiger partial charge in [0, 0.05) is 5.75 Å². The van der Waals surface area contributed by atoms with Crippen molar-refractivity contribution in [3.8, 4) is 0 Å². The molecule has 18 heavy (non-hydrogen) atoms. The monoisotopic (exact) mass is 269 g/mol. The van der Waals surface area contributed by atoms with Gasteiger partial charge in [-0.3, -0.25) is 0 Å². The van der Waals surface area contributed by atoms with E-state index in [4.69, 9.17) is 5.73 Å². The van der Waals surface area contributed by atoms with Crippen molar-refractivity contribution in [3.63, 3.8) is 0 Å². The SMILES string of the molecule is CCCS(=O)(=O)CCC(CN)Cc1ccccc1. The summed E-state index contributed by atoms with van der Waals surface area (Å²) < 4.78 is 23.3. The van der Waals surface area contributed by atoms with Gasteiger partial charge in [0.05, 0.1) is 5.75 Å². The molecule has 0 bridgehead atoms. The Morgan fingerprint density at radius 1 is 1.17 bits per heavy atom. The maximum atomic E-state index is 11.7. The molecule has 0 saturated heterocycles. The Morgan fingerprint density at radius 2 is 1.83 bits per heavy atom. The van der Waals surface area contributed by atoms with Gasteiger partial charge in [-0.15, -0.1) is 0 Å². The van der Waals surface area contributed by atoms with Crippen LogP contribution in [0.25, 0.3) is 0 Å². The lowest BCUT2D eigenvalue weighted by Gasteiger charge is -2.14. The van der Waals surface area contributed by atoms with Gasteiger partial charge in [0.2, 0.25) is 0 Å². The Balaban J connectivity index is 2.48. The maximum absolute atomic E-state index is 11.7. The van der Waals surface area contributed by atoms with Crippen molar-refractivity contribution in [2.24, 2.45) is 11.7 Å². The van der Waals surface area contributed by atoms with Crippen LogP contribution >= 0.6 is 0 Å². The van der Waals surface area contributed by atoms with Gasteiger partial charge in [-0.25, -0.2) is 8.42 Å². The largest absolute Gasteiger partial charge is 0.330 e. The Kier molecular flexibility index (Phi) is 6.36. The van der Waals surface area contributed by atoms with Gasteiger partial charge in [-0.05, 0) is 37.3 Å². The topological polar surface area (TPSA) is 60.2 Å². The minimum Gasteiger partial charge on any atom is -0.330 e. The molecule has 0 fully saturated rings. The summed E-state index contributed by atoms with van der Waals surface area (Å²) in [7, 11) is -2.88. The Morgan fingerprint density at radius 3 is 2.39 bits per heavy atom. The molecule has 1 aromatic carbocycles. The van der Waals surface area contributed by atoms with Crippen LogP contribution in [0.1, 0.15) is 25.3 Å². The molecule has 2 N–H and O–H groups in total. The molecule has 0 aliphatic heterocycles. The molecule has 0 aliphatic rings. The number of hydrogen-bond donors (Lipinski definition) is 1. The predicted octanol–water partition coefficient (Wildman–Crippen LogP) is 2.02. The molecule has 1 rings (SSSR count). The number of rotatable bonds is 8. The summed E-state index contributed by atoms with van der Waals surface area (Å²) in [5, 5.41) is 0. The molecule has 1 unspecified atom stereocenters. The fourth-order valence-corrected chi connectivity index (χ4v) is 3.53. The molecule has 1 aromatic rings. The molecule has 102 valence electrons. The van der Waals surface area contributed by atoms with Crippen LogP contribution in [0.15, 0.2) is 30.3 Å². The minimum absolute atomic E-state index is 0.249. The second kappa shape index (κ2) is 7.54. The van der Waals surface area contributed by atoms with Crippen molar-refractivity contribution in [2.75, 3.05) is 18.1 Å². The van der Waals surface area contributed by atoms with Gasteiger partial charge in [-0.2, -0.15) is 0 Å². The molecule has 0 saturated carbocycles. The summed E-state index contributed by atoms with van der Waals surface area (Å²) in [6.45, 7) is 2.43. The summed E-state index contributed by atoms with van der Waals surface area (Å²) in [4.78, 5) is 0. The van der Waals surface area contributed by atoms with Crippen molar-refractivity contribution in [1.29, 1.82) is 0 Å². The van der Waals surface area contributed by atoms with Crippen LogP contribution in [0.2, 0.25) is 0 Å². The molecule has 0 amide bonds. The molecular weight excluding hydrogens is 246 g/mol. The molecule has 4 heteroatoms. The quantitative estimate of drug-likeness (QED) is 0.785. The highest BCUT2D eigenvalue weighted by atomic mass is 32.2. The van der Waals surface area contributed by atoms with E-state index < -0.39 is 9.84 Å². The van der Waals surface area contributed by atoms with Gasteiger partial charge < -0.3 is 5.73 Å². The minimum atomic E-state index is -2.88. The zero-order valence-corrected chi connectivity index (χ0v) is 11.8. The van der Waals surface area contributed by atoms with E-state index in [1.165, 1.54) is 5.56 Å². The lowest BCUT2D eigenvalue weighted by molar-refractivity contribution is 0.511. The molecule has 0 aliphatic carbocycles. The first-order valence-corrected chi connectivity index (χ1v) is 8.34. The molecular formula is C14H23NO2S. The van der Waals surface area contributed by atoms with Gasteiger partial charge in [-0.1, -0.05) is 37.3 Å². The van der Waals surface area contributed by atoms with Crippen LogP contribution in [0.3, 0.4) is 0 Å². The van der Waals surface area contributed by atoms with Gasteiger partial charge in [0.1, 0.15) is 9.84 Å². The van der Waals surface area contributed by atoms with Crippen molar-refractivity contribution in [2.45, 2.75) is 26.2 Å². The highest BCUT2D eigenvalue weighted by Gasteiger charge is 2.14. The van der Waals surface area contributed by atoms with Crippen LogP contribution in [0.4, 0.5) is 0 Å². The lowest BCUT2D eigenvalue weighted by atomic mass is 9.97. The molecule has 0 heterocycles. The van der Waals surface area contributed by atoms with Crippen LogP contribution in [-0.4, -0.2) is 26.5 Å². The summed E-state index contributed by atoms with van der Waals surface area (Å²) in [6, 6.07) is 10.1. The number of hydrogen-bond acceptors (Lipinski definition) is 3. The third-order valence-corrected chi connectivity index (χ3v) is 4.94. The van der Waals surface area contributed by atoms with E-state index >= 15 is 0 Å². The maximum Gasteiger partial charge on any atom is 0.150 e. The second-order valence-electron chi connectivity index (χ2n) is 4.73. The fraction of sp³-hybridized carbons (Fsp3) is 0.571.